The molecule has 3 heteroatoms. The second-order valence-corrected chi connectivity index (χ2v) is 4.93. The van der Waals surface area contributed by atoms with Crippen LogP contribution in [0.2, 0.25) is 0 Å². The lowest BCUT2D eigenvalue weighted by Gasteiger charge is -2.30. The first-order valence-corrected chi connectivity index (χ1v) is 5.89. The Morgan fingerprint density at radius 1 is 1.06 bits per heavy atom. The van der Waals surface area contributed by atoms with Crippen LogP contribution in [0, 0.1) is 0 Å². The van der Waals surface area contributed by atoms with Gasteiger partial charge in [-0.3, -0.25) is 0 Å². The van der Waals surface area contributed by atoms with Crippen molar-refractivity contribution >= 4 is 6.09 Å². The fraction of sp³-hybridized carbons (Fsp3) is 0.769. The van der Waals surface area contributed by atoms with Crippen LogP contribution < -0.4 is 0 Å². The van der Waals surface area contributed by atoms with Crippen LogP contribution in [0.4, 0.5) is 4.79 Å². The van der Waals surface area contributed by atoms with E-state index in [1.807, 2.05) is 54.5 Å². The molecule has 0 fully saturated rings. The molecule has 0 spiro atoms. The molecule has 0 aliphatic heterocycles. The average molecular weight is 227 g/mol. The zero-order valence-corrected chi connectivity index (χ0v) is 11.6. The van der Waals surface area contributed by atoms with E-state index in [1.165, 1.54) is 0 Å². The molecule has 0 radical (unpaired) electrons. The molecule has 0 unspecified atom stereocenters. The predicted molar refractivity (Wildman–Crippen MR) is 67.5 cm³/mol. The lowest BCUT2D eigenvalue weighted by molar-refractivity contribution is 0.0651. The number of carbonyl (C=O) groups is 1. The lowest BCUT2D eigenvalue weighted by atomic mass is 10.2. The van der Waals surface area contributed by atoms with Gasteiger partial charge < -0.3 is 9.64 Å². The molecule has 0 heterocycles. The maximum absolute atomic E-state index is 11.9. The van der Waals surface area contributed by atoms with Gasteiger partial charge in [-0.2, -0.15) is 0 Å². The van der Waals surface area contributed by atoms with Crippen LogP contribution in [0.1, 0.15) is 48.5 Å². The summed E-state index contributed by atoms with van der Waals surface area (Å²) in [7, 11) is 0. The van der Waals surface area contributed by atoms with Crippen molar-refractivity contribution in [2.24, 2.45) is 0 Å². The van der Waals surface area contributed by atoms with E-state index in [2.05, 4.69) is 0 Å². The van der Waals surface area contributed by atoms with Crippen LogP contribution in [-0.2, 0) is 4.74 Å². The van der Waals surface area contributed by atoms with Gasteiger partial charge in [-0.1, -0.05) is 5.57 Å². The zero-order valence-electron chi connectivity index (χ0n) is 11.6. The molecule has 0 bridgehead atoms. The fourth-order valence-corrected chi connectivity index (χ4v) is 1.74. The zero-order chi connectivity index (χ0) is 12.9. The molecular weight excluding hydrogens is 202 g/mol. The summed E-state index contributed by atoms with van der Waals surface area (Å²) in [5.41, 5.74) is 1.15. The Kier molecular flexibility index (Phi) is 6.16. The highest BCUT2D eigenvalue weighted by atomic mass is 16.6. The fourth-order valence-electron chi connectivity index (χ4n) is 1.74. The maximum Gasteiger partial charge on any atom is 0.410 e. The maximum atomic E-state index is 11.9. The van der Waals surface area contributed by atoms with Gasteiger partial charge in [0.05, 0.1) is 0 Å². The van der Waals surface area contributed by atoms with E-state index in [9.17, 15) is 4.79 Å². The summed E-state index contributed by atoms with van der Waals surface area (Å²) in [6, 6.07) is 0.317. The molecular formula is C13H25NO2. The number of hydrogen-bond acceptors (Lipinski definition) is 2. The molecule has 0 aromatic carbocycles. The highest BCUT2D eigenvalue weighted by Gasteiger charge is 2.22. The van der Waals surface area contributed by atoms with E-state index in [0.717, 1.165) is 5.57 Å². The third kappa shape index (κ3) is 5.19. The van der Waals surface area contributed by atoms with Crippen LogP contribution in [-0.4, -0.2) is 29.2 Å². The van der Waals surface area contributed by atoms with E-state index in [0.29, 0.717) is 0 Å². The van der Waals surface area contributed by atoms with Crippen molar-refractivity contribution < 1.29 is 9.53 Å². The molecule has 0 aromatic rings. The summed E-state index contributed by atoms with van der Waals surface area (Å²) in [5, 5.41) is 0. The number of carbonyl (C=O) groups excluding carboxylic acids is 1. The normalized spacial score (nSPS) is 12.6. The average Bonchev–Trinajstić information content (AvgIpc) is 1.98. The van der Waals surface area contributed by atoms with E-state index in [1.54, 1.807) is 4.90 Å². The minimum atomic E-state index is -0.241. The van der Waals surface area contributed by atoms with E-state index >= 15 is 0 Å². The van der Waals surface area contributed by atoms with Crippen LogP contribution in [0.5, 0.6) is 0 Å². The summed E-state index contributed by atoms with van der Waals surface area (Å²) < 4.78 is 5.36. The number of allylic oxidation sites excluding steroid dienone is 1. The largest absolute Gasteiger partial charge is 0.442 e. The van der Waals surface area contributed by atoms with Crippen molar-refractivity contribution in [3.63, 3.8) is 0 Å². The monoisotopic (exact) mass is 227 g/mol. The van der Waals surface area contributed by atoms with Crippen molar-refractivity contribution in [1.82, 2.24) is 4.90 Å². The van der Waals surface area contributed by atoms with Gasteiger partial charge in [0, 0.05) is 12.1 Å². The Bertz CT molecular complexity index is 245. The molecule has 0 saturated heterocycles. The summed E-state index contributed by atoms with van der Waals surface area (Å²) in [6.07, 6.45) is 1.53. The first-order chi connectivity index (χ1) is 7.25. The number of ether oxygens (including phenoxy) is 1. The molecule has 0 aliphatic rings. The molecule has 0 rings (SSSR count). The topological polar surface area (TPSA) is 29.5 Å². The molecule has 0 N–H and O–H groups in total. The Hall–Kier alpha value is -0.990. The van der Waals surface area contributed by atoms with E-state index in [-0.39, 0.29) is 24.3 Å². The van der Waals surface area contributed by atoms with Crippen LogP contribution in [0.15, 0.2) is 11.6 Å². The molecule has 3 nitrogen and oxygen atoms in total. The Balaban J connectivity index is 4.48. The second kappa shape index (κ2) is 6.56. The van der Waals surface area contributed by atoms with Crippen LogP contribution >= 0.6 is 0 Å². The standard InChI is InChI=1S/C13H25NO2/c1-9(2)8-12(7)16-13(15)14(10(3)4)11(5)6/h8,10-12H,1-7H3/t12-/m0/s1. The summed E-state index contributed by atoms with van der Waals surface area (Å²) in [4.78, 5) is 13.6. The SMILES string of the molecule is CC(C)=C[C@H](C)OC(=O)N(C(C)C)C(C)C. The van der Waals surface area contributed by atoms with Crippen molar-refractivity contribution in [2.45, 2.75) is 66.7 Å². The number of nitrogens with zero attached hydrogens (tertiary/aromatic N) is 1. The van der Waals surface area contributed by atoms with Crippen molar-refractivity contribution in [1.29, 1.82) is 0 Å². The van der Waals surface area contributed by atoms with Gasteiger partial charge in [0.1, 0.15) is 6.10 Å². The quantitative estimate of drug-likeness (QED) is 0.687. The van der Waals surface area contributed by atoms with Crippen LogP contribution in [0.25, 0.3) is 0 Å². The van der Waals surface area contributed by atoms with E-state index in [4.69, 9.17) is 4.74 Å². The van der Waals surface area contributed by atoms with Crippen LogP contribution in [0.3, 0.4) is 0 Å². The smallest absolute Gasteiger partial charge is 0.410 e. The minimum absolute atomic E-state index is 0.159. The first kappa shape index (κ1) is 15.0. The third-order valence-corrected chi connectivity index (χ3v) is 2.18. The van der Waals surface area contributed by atoms with Crippen molar-refractivity contribution in [3.8, 4) is 0 Å². The molecule has 16 heavy (non-hydrogen) atoms. The highest BCUT2D eigenvalue weighted by Crippen LogP contribution is 2.10. The second-order valence-electron chi connectivity index (χ2n) is 4.93. The molecule has 0 saturated carbocycles. The summed E-state index contributed by atoms with van der Waals surface area (Å²) >= 11 is 0. The molecule has 0 aromatic heterocycles. The molecule has 1 amide bonds. The van der Waals surface area contributed by atoms with E-state index < -0.39 is 0 Å². The third-order valence-electron chi connectivity index (χ3n) is 2.18. The van der Waals surface area contributed by atoms with Gasteiger partial charge >= 0.3 is 6.09 Å². The first-order valence-electron chi connectivity index (χ1n) is 5.89. The van der Waals surface area contributed by atoms with Crippen molar-refractivity contribution in [2.75, 3.05) is 0 Å². The van der Waals surface area contributed by atoms with Gasteiger partial charge in [-0.25, -0.2) is 4.79 Å². The Morgan fingerprint density at radius 2 is 1.50 bits per heavy atom. The number of amides is 1. The number of hydrogen-bond donors (Lipinski definition) is 0. The molecule has 0 aliphatic carbocycles. The van der Waals surface area contributed by atoms with Gasteiger partial charge in [-0.05, 0) is 54.5 Å². The van der Waals surface area contributed by atoms with Gasteiger partial charge in [0.25, 0.3) is 0 Å². The minimum Gasteiger partial charge on any atom is -0.442 e. The van der Waals surface area contributed by atoms with Gasteiger partial charge in [-0.15, -0.1) is 0 Å². The van der Waals surface area contributed by atoms with Gasteiger partial charge in [0.2, 0.25) is 0 Å². The predicted octanol–water partition coefficient (Wildman–Crippen LogP) is 3.60. The number of rotatable bonds is 4. The summed E-state index contributed by atoms with van der Waals surface area (Å²) in [5.74, 6) is 0. The Morgan fingerprint density at radius 3 is 1.81 bits per heavy atom. The van der Waals surface area contributed by atoms with Gasteiger partial charge in [0.15, 0.2) is 0 Å². The van der Waals surface area contributed by atoms with Crippen molar-refractivity contribution in [3.05, 3.63) is 11.6 Å². The molecule has 1 atom stereocenters. The lowest BCUT2D eigenvalue weighted by Crippen LogP contribution is -2.43. The molecule has 94 valence electrons. The highest BCUT2D eigenvalue weighted by molar-refractivity contribution is 5.68. The summed E-state index contributed by atoms with van der Waals surface area (Å²) in [6.45, 7) is 13.8. The Labute approximate surface area is 99.5 Å².